The molecule has 1 fully saturated rings. The number of para-hydroxylation sites is 2. The van der Waals surface area contributed by atoms with Crippen molar-refractivity contribution in [1.29, 1.82) is 0 Å². The van der Waals surface area contributed by atoms with Gasteiger partial charge in [-0.25, -0.2) is 9.78 Å². The van der Waals surface area contributed by atoms with Crippen molar-refractivity contribution in [2.45, 2.75) is 70.6 Å². The minimum absolute atomic E-state index is 0.0124. The van der Waals surface area contributed by atoms with Crippen molar-refractivity contribution in [3.05, 3.63) is 60.2 Å². The average Bonchev–Trinajstić information content (AvgIpc) is 3.26. The highest BCUT2D eigenvalue weighted by Gasteiger charge is 2.31. The van der Waals surface area contributed by atoms with Gasteiger partial charge in [-0.05, 0) is 63.8 Å². The molecule has 1 aliphatic rings. The van der Waals surface area contributed by atoms with Gasteiger partial charge in [0.1, 0.15) is 11.4 Å². The van der Waals surface area contributed by atoms with Crippen LogP contribution in [0.5, 0.6) is 0 Å². The lowest BCUT2D eigenvalue weighted by Crippen LogP contribution is -2.42. The second-order valence-electron chi connectivity index (χ2n) is 10.8. The number of hydrogen-bond acceptors (Lipinski definition) is 6. The van der Waals surface area contributed by atoms with E-state index in [0.29, 0.717) is 19.7 Å². The van der Waals surface area contributed by atoms with Gasteiger partial charge in [-0.15, -0.1) is 0 Å². The highest BCUT2D eigenvalue weighted by atomic mass is 16.6. The van der Waals surface area contributed by atoms with E-state index in [2.05, 4.69) is 20.9 Å². The summed E-state index contributed by atoms with van der Waals surface area (Å²) < 4.78 is 13.0. The SMILES string of the molecule is COCCCn1c([C@@H]2CCCN(C(=O)C[C@H](NC(=O)OC(C)(C)C)c3cccnc3)C2)nc2ccccc21. The minimum atomic E-state index is -0.637. The number of carbonyl (C=O) groups is 2. The molecule has 0 saturated carbocycles. The van der Waals surface area contributed by atoms with Gasteiger partial charge in [-0.2, -0.15) is 0 Å². The molecule has 0 bridgehead atoms. The molecule has 4 rings (SSSR count). The van der Waals surface area contributed by atoms with Crippen LogP contribution in [0.3, 0.4) is 0 Å². The molecule has 3 aromatic rings. The second kappa shape index (κ2) is 12.4. The molecule has 2 atom stereocenters. The molecular weight excluding hydrogens is 482 g/mol. The maximum absolute atomic E-state index is 13.6. The predicted octanol–water partition coefficient (Wildman–Crippen LogP) is 4.83. The first-order valence-electron chi connectivity index (χ1n) is 13.4. The Morgan fingerprint density at radius 2 is 2.00 bits per heavy atom. The number of carbonyl (C=O) groups excluding carboxylic acids is 2. The van der Waals surface area contributed by atoms with E-state index in [4.69, 9.17) is 14.5 Å². The van der Waals surface area contributed by atoms with Gasteiger partial charge in [-0.3, -0.25) is 9.78 Å². The third-order valence-corrected chi connectivity index (χ3v) is 6.71. The Balaban J connectivity index is 1.50. The van der Waals surface area contributed by atoms with Gasteiger partial charge < -0.3 is 24.3 Å². The number of methoxy groups -OCH3 is 1. The number of nitrogens with zero attached hydrogens (tertiary/aromatic N) is 4. The smallest absolute Gasteiger partial charge is 0.408 e. The maximum Gasteiger partial charge on any atom is 0.408 e. The first kappa shape index (κ1) is 27.6. The summed E-state index contributed by atoms with van der Waals surface area (Å²) in [5.41, 5.74) is 2.21. The predicted molar refractivity (Wildman–Crippen MR) is 146 cm³/mol. The minimum Gasteiger partial charge on any atom is -0.444 e. The van der Waals surface area contributed by atoms with Gasteiger partial charge >= 0.3 is 6.09 Å². The number of rotatable bonds is 9. The number of piperidine rings is 1. The fourth-order valence-electron chi connectivity index (χ4n) is 5.01. The molecule has 1 N–H and O–H groups in total. The fourth-order valence-corrected chi connectivity index (χ4v) is 5.01. The number of hydrogen-bond donors (Lipinski definition) is 1. The van der Waals surface area contributed by atoms with Crippen molar-refractivity contribution >= 4 is 23.0 Å². The molecule has 1 aromatic carbocycles. The summed E-state index contributed by atoms with van der Waals surface area (Å²) >= 11 is 0. The Morgan fingerprint density at radius 1 is 1.18 bits per heavy atom. The standard InChI is InChI=1S/C29H39N5O4/c1-29(2,3)38-28(36)32-24(21-10-7-14-30-19-21)18-26(35)33-15-8-11-22(20-33)27-31-23-12-5-6-13-25(23)34(27)16-9-17-37-4/h5-7,10,12-14,19,22,24H,8-9,11,15-18,20H2,1-4H3,(H,32,36)/t22-,24+/m1/s1. The highest BCUT2D eigenvalue weighted by Crippen LogP contribution is 2.31. The summed E-state index contributed by atoms with van der Waals surface area (Å²) in [4.78, 5) is 37.2. The zero-order valence-electron chi connectivity index (χ0n) is 22.9. The van der Waals surface area contributed by atoms with Crippen LogP contribution in [-0.2, 0) is 20.8 Å². The molecule has 9 nitrogen and oxygen atoms in total. The van der Waals surface area contributed by atoms with E-state index < -0.39 is 17.7 Å². The molecule has 1 aliphatic heterocycles. The molecule has 1 saturated heterocycles. The number of aromatic nitrogens is 3. The Bertz CT molecular complexity index is 1220. The van der Waals surface area contributed by atoms with E-state index in [0.717, 1.165) is 48.2 Å². The molecule has 3 heterocycles. The molecule has 2 aromatic heterocycles. The number of pyridine rings is 1. The number of ether oxygens (including phenoxy) is 2. The van der Waals surface area contributed by atoms with Gasteiger partial charge in [0.15, 0.2) is 0 Å². The molecule has 0 aliphatic carbocycles. The molecule has 2 amide bonds. The third kappa shape index (κ3) is 7.10. The van der Waals surface area contributed by atoms with Crippen LogP contribution in [0.4, 0.5) is 4.79 Å². The summed E-state index contributed by atoms with van der Waals surface area (Å²) in [5.74, 6) is 1.15. The van der Waals surface area contributed by atoms with E-state index in [1.54, 1.807) is 25.6 Å². The van der Waals surface area contributed by atoms with E-state index in [9.17, 15) is 9.59 Å². The molecule has 38 heavy (non-hydrogen) atoms. The summed E-state index contributed by atoms with van der Waals surface area (Å²) in [5, 5.41) is 2.88. The number of benzene rings is 1. The van der Waals surface area contributed by atoms with Crippen LogP contribution in [0.1, 0.15) is 69.8 Å². The monoisotopic (exact) mass is 521 g/mol. The van der Waals surface area contributed by atoms with Gasteiger partial charge in [-0.1, -0.05) is 18.2 Å². The van der Waals surface area contributed by atoms with E-state index in [-0.39, 0.29) is 18.2 Å². The zero-order chi connectivity index (χ0) is 27.1. The summed E-state index contributed by atoms with van der Waals surface area (Å²) in [6, 6.07) is 11.3. The molecule has 0 radical (unpaired) electrons. The summed E-state index contributed by atoms with van der Waals surface area (Å²) in [6.45, 7) is 8.22. The van der Waals surface area contributed by atoms with Gasteiger partial charge in [0.25, 0.3) is 0 Å². The van der Waals surface area contributed by atoms with Crippen LogP contribution in [0, 0.1) is 0 Å². The lowest BCUT2D eigenvalue weighted by Gasteiger charge is -2.34. The van der Waals surface area contributed by atoms with E-state index in [1.807, 2.05) is 49.9 Å². The fraction of sp³-hybridized carbons (Fsp3) is 0.517. The lowest BCUT2D eigenvalue weighted by molar-refractivity contribution is -0.133. The lowest BCUT2D eigenvalue weighted by atomic mass is 9.96. The number of alkyl carbamates (subject to hydrolysis) is 1. The molecule has 0 unspecified atom stereocenters. The Hall–Kier alpha value is -3.46. The van der Waals surface area contributed by atoms with Crippen LogP contribution in [-0.4, -0.2) is 63.8 Å². The topological polar surface area (TPSA) is 98.6 Å². The summed E-state index contributed by atoms with van der Waals surface area (Å²) in [7, 11) is 1.72. The second-order valence-corrected chi connectivity index (χ2v) is 10.8. The first-order chi connectivity index (χ1) is 18.2. The van der Waals surface area contributed by atoms with Gasteiger partial charge in [0.2, 0.25) is 5.91 Å². The first-order valence-corrected chi connectivity index (χ1v) is 13.4. The molecule has 0 spiro atoms. The van der Waals surface area contributed by atoms with Crippen molar-refractivity contribution in [1.82, 2.24) is 24.8 Å². The number of imidazole rings is 1. The van der Waals surface area contributed by atoms with Crippen LogP contribution < -0.4 is 5.32 Å². The van der Waals surface area contributed by atoms with Crippen LogP contribution in [0.15, 0.2) is 48.8 Å². The van der Waals surface area contributed by atoms with Crippen molar-refractivity contribution in [3.63, 3.8) is 0 Å². The average molecular weight is 522 g/mol. The normalized spacial score (nSPS) is 16.8. The van der Waals surface area contributed by atoms with Gasteiger partial charge in [0, 0.05) is 51.7 Å². The number of nitrogens with one attached hydrogen (secondary N) is 1. The Kier molecular flexibility index (Phi) is 8.99. The van der Waals surface area contributed by atoms with Crippen molar-refractivity contribution in [2.75, 3.05) is 26.8 Å². The van der Waals surface area contributed by atoms with Crippen LogP contribution in [0.2, 0.25) is 0 Å². The molecule has 9 heteroatoms. The quantitative estimate of drug-likeness (QED) is 0.405. The van der Waals surface area contributed by atoms with E-state index in [1.165, 1.54) is 0 Å². The zero-order valence-corrected chi connectivity index (χ0v) is 22.9. The number of likely N-dealkylation sites (tertiary alicyclic amines) is 1. The Labute approximate surface area is 224 Å². The molecule has 204 valence electrons. The van der Waals surface area contributed by atoms with Crippen molar-refractivity contribution < 1.29 is 19.1 Å². The largest absolute Gasteiger partial charge is 0.444 e. The van der Waals surface area contributed by atoms with Crippen LogP contribution >= 0.6 is 0 Å². The maximum atomic E-state index is 13.6. The van der Waals surface area contributed by atoms with Crippen molar-refractivity contribution in [3.8, 4) is 0 Å². The van der Waals surface area contributed by atoms with Gasteiger partial charge in [0.05, 0.1) is 23.5 Å². The molecular formula is C29H39N5O4. The Morgan fingerprint density at radius 3 is 2.74 bits per heavy atom. The van der Waals surface area contributed by atoms with E-state index >= 15 is 0 Å². The number of aryl methyl sites for hydroxylation is 1. The van der Waals surface area contributed by atoms with Crippen LogP contribution in [0.25, 0.3) is 11.0 Å². The third-order valence-electron chi connectivity index (χ3n) is 6.71. The van der Waals surface area contributed by atoms with Crippen molar-refractivity contribution in [2.24, 2.45) is 0 Å². The summed E-state index contributed by atoms with van der Waals surface area (Å²) in [6.07, 6.45) is 5.68. The number of amides is 2. The number of fused-ring (bicyclic) bond motifs is 1. The highest BCUT2D eigenvalue weighted by molar-refractivity contribution is 5.79.